The molecule has 0 aliphatic rings. The molecule has 0 aliphatic heterocycles. The fourth-order valence-corrected chi connectivity index (χ4v) is 2.38. The molecule has 6 nitrogen and oxygen atoms in total. The van der Waals surface area contributed by atoms with Gasteiger partial charge in [-0.3, -0.25) is 10.1 Å². The van der Waals surface area contributed by atoms with Crippen molar-refractivity contribution in [2.45, 2.75) is 6.92 Å². The molecule has 0 unspecified atom stereocenters. The molecule has 0 spiro atoms. The van der Waals surface area contributed by atoms with Crippen molar-refractivity contribution in [2.75, 3.05) is 18.5 Å². The fraction of sp³-hybridized carbons (Fsp3) is 0.250. The number of hydrogen-bond donors (Lipinski definition) is 2. The molecule has 1 heterocycles. The molecule has 0 atom stereocenters. The van der Waals surface area contributed by atoms with Crippen LogP contribution in [-0.2, 0) is 9.53 Å². The Morgan fingerprint density at radius 3 is 2.95 bits per heavy atom. The molecule has 2 rings (SSSR count). The average Bonchev–Trinajstić information content (AvgIpc) is 2.77. The molecule has 0 saturated heterocycles. The van der Waals surface area contributed by atoms with Crippen LogP contribution in [0.1, 0.15) is 17.3 Å². The Morgan fingerprint density at radius 1 is 1.47 bits per heavy atom. The Kier molecular flexibility index (Phi) is 4.08. The summed E-state index contributed by atoms with van der Waals surface area (Å²) in [4.78, 5) is 26.5. The summed E-state index contributed by atoms with van der Waals surface area (Å²) in [6, 6.07) is 4.64. The van der Waals surface area contributed by atoms with Gasteiger partial charge < -0.3 is 9.84 Å². The molecular weight excluding hydrogens is 268 g/mol. The highest BCUT2D eigenvalue weighted by Crippen LogP contribution is 2.26. The van der Waals surface area contributed by atoms with Gasteiger partial charge in [-0.1, -0.05) is 11.3 Å². The van der Waals surface area contributed by atoms with E-state index in [0.717, 1.165) is 0 Å². The van der Waals surface area contributed by atoms with Gasteiger partial charge in [0.15, 0.2) is 5.13 Å². The second-order valence-corrected chi connectivity index (χ2v) is 4.72. The number of rotatable bonds is 5. The molecule has 0 bridgehead atoms. The summed E-state index contributed by atoms with van der Waals surface area (Å²) in [7, 11) is 0. The van der Waals surface area contributed by atoms with Crippen LogP contribution in [0.2, 0.25) is 0 Å². The van der Waals surface area contributed by atoms with Crippen molar-refractivity contribution in [2.24, 2.45) is 0 Å². The Hall–Kier alpha value is -1.99. The fourth-order valence-electron chi connectivity index (χ4n) is 1.46. The number of hydrogen-bond acceptors (Lipinski definition) is 5. The van der Waals surface area contributed by atoms with Crippen molar-refractivity contribution < 1.29 is 19.4 Å². The van der Waals surface area contributed by atoms with Gasteiger partial charge in [-0.2, -0.15) is 0 Å². The second kappa shape index (κ2) is 5.77. The Bertz CT molecular complexity index is 623. The first-order valence-corrected chi connectivity index (χ1v) is 6.43. The number of aromatic nitrogens is 1. The van der Waals surface area contributed by atoms with E-state index in [1.54, 1.807) is 13.0 Å². The molecule has 0 fully saturated rings. The minimum absolute atomic E-state index is 0.0210. The Labute approximate surface area is 113 Å². The van der Waals surface area contributed by atoms with Gasteiger partial charge in [0, 0.05) is 6.61 Å². The smallest absolute Gasteiger partial charge is 0.335 e. The molecule has 7 heteroatoms. The predicted molar refractivity (Wildman–Crippen MR) is 71.7 cm³/mol. The van der Waals surface area contributed by atoms with E-state index in [0.29, 0.717) is 22.0 Å². The number of carbonyl (C=O) groups is 2. The zero-order valence-electron chi connectivity index (χ0n) is 10.2. The molecule has 19 heavy (non-hydrogen) atoms. The lowest BCUT2D eigenvalue weighted by Gasteiger charge is -2.00. The number of anilines is 1. The van der Waals surface area contributed by atoms with Crippen LogP contribution in [0.25, 0.3) is 10.2 Å². The van der Waals surface area contributed by atoms with Crippen LogP contribution in [0, 0.1) is 0 Å². The van der Waals surface area contributed by atoms with Gasteiger partial charge in [-0.05, 0) is 25.1 Å². The van der Waals surface area contributed by atoms with E-state index in [2.05, 4.69) is 10.3 Å². The summed E-state index contributed by atoms with van der Waals surface area (Å²) in [6.45, 7) is 2.25. The predicted octanol–water partition coefficient (Wildman–Crippen LogP) is 1.97. The van der Waals surface area contributed by atoms with Crippen molar-refractivity contribution in [3.05, 3.63) is 23.8 Å². The number of ether oxygens (including phenoxy) is 1. The Balaban J connectivity index is 2.17. The molecule has 2 N–H and O–H groups in total. The summed E-state index contributed by atoms with van der Waals surface area (Å²) in [5, 5.41) is 11.9. The monoisotopic (exact) mass is 280 g/mol. The lowest BCUT2D eigenvalue weighted by atomic mass is 10.2. The lowest BCUT2D eigenvalue weighted by Crippen LogP contribution is -2.17. The third-order valence-corrected chi connectivity index (χ3v) is 3.25. The molecule has 0 radical (unpaired) electrons. The topological polar surface area (TPSA) is 88.5 Å². The first-order chi connectivity index (χ1) is 9.10. The Morgan fingerprint density at radius 2 is 2.26 bits per heavy atom. The van der Waals surface area contributed by atoms with Crippen LogP contribution >= 0.6 is 11.3 Å². The highest BCUT2D eigenvalue weighted by Gasteiger charge is 2.10. The van der Waals surface area contributed by atoms with Crippen LogP contribution in [0.3, 0.4) is 0 Å². The zero-order valence-corrected chi connectivity index (χ0v) is 11.0. The third kappa shape index (κ3) is 3.27. The molecule has 0 saturated carbocycles. The van der Waals surface area contributed by atoms with Crippen molar-refractivity contribution in [3.8, 4) is 0 Å². The SMILES string of the molecule is CCOCC(=O)Nc1nc2ccc(C(=O)O)cc2s1. The van der Waals surface area contributed by atoms with Crippen LogP contribution in [0.15, 0.2) is 18.2 Å². The average molecular weight is 280 g/mol. The van der Waals surface area contributed by atoms with E-state index >= 15 is 0 Å². The van der Waals surface area contributed by atoms with E-state index in [-0.39, 0.29) is 18.1 Å². The summed E-state index contributed by atoms with van der Waals surface area (Å²) >= 11 is 1.23. The van der Waals surface area contributed by atoms with Crippen LogP contribution in [0.5, 0.6) is 0 Å². The molecule has 0 aliphatic carbocycles. The van der Waals surface area contributed by atoms with Gasteiger partial charge in [0.05, 0.1) is 15.8 Å². The van der Waals surface area contributed by atoms with Crippen LogP contribution in [0.4, 0.5) is 5.13 Å². The number of nitrogens with zero attached hydrogens (tertiary/aromatic N) is 1. The molecule has 1 aromatic carbocycles. The normalized spacial score (nSPS) is 10.6. The number of carboxylic acid groups (broad SMARTS) is 1. The third-order valence-electron chi connectivity index (χ3n) is 2.32. The minimum Gasteiger partial charge on any atom is -0.478 e. The summed E-state index contributed by atoms with van der Waals surface area (Å²) in [5.41, 5.74) is 0.852. The molecule has 100 valence electrons. The number of carbonyl (C=O) groups excluding carboxylic acids is 1. The van der Waals surface area contributed by atoms with Crippen molar-refractivity contribution in [1.82, 2.24) is 4.98 Å². The van der Waals surface area contributed by atoms with Crippen molar-refractivity contribution >= 4 is 38.6 Å². The number of aromatic carboxylic acids is 1. The van der Waals surface area contributed by atoms with E-state index in [1.165, 1.54) is 23.5 Å². The van der Waals surface area contributed by atoms with Gasteiger partial charge in [-0.25, -0.2) is 9.78 Å². The van der Waals surface area contributed by atoms with Gasteiger partial charge in [0.1, 0.15) is 6.61 Å². The zero-order chi connectivity index (χ0) is 13.8. The second-order valence-electron chi connectivity index (χ2n) is 3.69. The maximum absolute atomic E-state index is 11.5. The van der Waals surface area contributed by atoms with Gasteiger partial charge in [0.25, 0.3) is 5.91 Å². The first-order valence-electron chi connectivity index (χ1n) is 5.61. The van der Waals surface area contributed by atoms with E-state index < -0.39 is 5.97 Å². The molecular formula is C12H12N2O4S. The molecule has 1 aromatic heterocycles. The molecule has 2 aromatic rings. The largest absolute Gasteiger partial charge is 0.478 e. The number of carboxylic acids is 1. The maximum atomic E-state index is 11.5. The van der Waals surface area contributed by atoms with Gasteiger partial charge in [0.2, 0.25) is 0 Å². The summed E-state index contributed by atoms with van der Waals surface area (Å²) in [5.74, 6) is -1.27. The quantitative estimate of drug-likeness (QED) is 0.874. The lowest BCUT2D eigenvalue weighted by molar-refractivity contribution is -0.120. The number of thiazole rings is 1. The van der Waals surface area contributed by atoms with E-state index in [4.69, 9.17) is 9.84 Å². The van der Waals surface area contributed by atoms with Crippen LogP contribution < -0.4 is 5.32 Å². The van der Waals surface area contributed by atoms with E-state index in [9.17, 15) is 9.59 Å². The van der Waals surface area contributed by atoms with Gasteiger partial charge >= 0.3 is 5.97 Å². The van der Waals surface area contributed by atoms with E-state index in [1.807, 2.05) is 0 Å². The number of fused-ring (bicyclic) bond motifs is 1. The van der Waals surface area contributed by atoms with Crippen molar-refractivity contribution in [1.29, 1.82) is 0 Å². The first kappa shape index (κ1) is 13.4. The number of amides is 1. The summed E-state index contributed by atoms with van der Waals surface area (Å²) < 4.78 is 5.69. The standard InChI is InChI=1S/C12H12N2O4S/c1-2-18-6-10(15)14-12-13-8-4-3-7(11(16)17)5-9(8)19-12/h3-5H,2,6H2,1H3,(H,16,17)(H,13,14,15). The van der Waals surface area contributed by atoms with Gasteiger partial charge in [-0.15, -0.1) is 0 Å². The minimum atomic E-state index is -0.989. The van der Waals surface area contributed by atoms with Crippen molar-refractivity contribution in [3.63, 3.8) is 0 Å². The summed E-state index contributed by atoms with van der Waals surface area (Å²) in [6.07, 6.45) is 0. The highest BCUT2D eigenvalue weighted by atomic mass is 32.1. The molecule has 1 amide bonds. The highest BCUT2D eigenvalue weighted by molar-refractivity contribution is 7.22. The number of benzene rings is 1. The maximum Gasteiger partial charge on any atom is 0.335 e. The number of nitrogens with one attached hydrogen (secondary N) is 1. The van der Waals surface area contributed by atoms with Crippen LogP contribution in [-0.4, -0.2) is 35.2 Å².